The van der Waals surface area contributed by atoms with Crippen molar-refractivity contribution in [3.8, 4) is 0 Å². The molecule has 204 valence electrons. The molecule has 1 N–H and O–H groups in total. The van der Waals surface area contributed by atoms with Crippen LogP contribution < -0.4 is 9.62 Å². The fraction of sp³-hybridized carbons (Fsp3) is 0.517. The van der Waals surface area contributed by atoms with Crippen LogP contribution in [-0.4, -0.2) is 49.5 Å². The van der Waals surface area contributed by atoms with Crippen molar-refractivity contribution >= 4 is 27.5 Å². The van der Waals surface area contributed by atoms with Crippen LogP contribution in [0.2, 0.25) is 0 Å². The van der Waals surface area contributed by atoms with Crippen molar-refractivity contribution in [2.75, 3.05) is 17.1 Å². The molecule has 37 heavy (non-hydrogen) atoms. The third kappa shape index (κ3) is 8.88. The number of hydrogen-bond donors (Lipinski definition) is 1. The third-order valence-electron chi connectivity index (χ3n) is 6.02. The van der Waals surface area contributed by atoms with Crippen molar-refractivity contribution in [2.45, 2.75) is 85.4 Å². The molecule has 0 aliphatic carbocycles. The smallest absolute Gasteiger partial charge is 0.244 e. The van der Waals surface area contributed by atoms with Crippen molar-refractivity contribution in [2.24, 2.45) is 0 Å². The fourth-order valence-corrected chi connectivity index (χ4v) is 4.97. The molecule has 8 heteroatoms. The third-order valence-corrected chi connectivity index (χ3v) is 7.16. The molecule has 0 unspecified atom stereocenters. The SMILES string of the molecule is CC[C@@H](C(=O)NC(C)(C)C)N(Cc1cccc(C)c1)C(=O)CN(c1ccc(C(C)(C)C)cc1)S(C)(=O)=O. The van der Waals surface area contributed by atoms with Crippen LogP contribution in [0.15, 0.2) is 48.5 Å². The minimum atomic E-state index is -3.77. The van der Waals surface area contributed by atoms with Gasteiger partial charge in [-0.15, -0.1) is 0 Å². The van der Waals surface area contributed by atoms with Crippen molar-refractivity contribution in [3.05, 3.63) is 65.2 Å². The van der Waals surface area contributed by atoms with E-state index in [2.05, 4.69) is 26.1 Å². The molecule has 7 nitrogen and oxygen atoms in total. The normalized spacial score (nSPS) is 13.1. The number of carbonyl (C=O) groups excluding carboxylic acids is 2. The van der Waals surface area contributed by atoms with Gasteiger partial charge in [0.1, 0.15) is 12.6 Å². The zero-order chi connectivity index (χ0) is 28.2. The van der Waals surface area contributed by atoms with E-state index in [1.165, 1.54) is 4.90 Å². The number of nitrogens with one attached hydrogen (secondary N) is 1. The molecule has 0 aliphatic heterocycles. The first-order valence-corrected chi connectivity index (χ1v) is 14.5. The molecule has 0 saturated heterocycles. The van der Waals surface area contributed by atoms with Crippen LogP contribution in [0.5, 0.6) is 0 Å². The van der Waals surface area contributed by atoms with Gasteiger partial charge in [-0.25, -0.2) is 8.42 Å². The van der Waals surface area contributed by atoms with Crippen LogP contribution >= 0.6 is 0 Å². The van der Waals surface area contributed by atoms with E-state index < -0.39 is 34.1 Å². The number of rotatable bonds is 9. The van der Waals surface area contributed by atoms with Gasteiger partial charge in [-0.1, -0.05) is 69.7 Å². The molecule has 0 aliphatic rings. The topological polar surface area (TPSA) is 86.8 Å². The summed E-state index contributed by atoms with van der Waals surface area (Å²) in [4.78, 5) is 28.5. The zero-order valence-electron chi connectivity index (χ0n) is 23.8. The van der Waals surface area contributed by atoms with E-state index in [-0.39, 0.29) is 17.9 Å². The molecule has 0 aromatic heterocycles. The van der Waals surface area contributed by atoms with Crippen LogP contribution in [0.1, 0.15) is 71.6 Å². The molecule has 0 saturated carbocycles. The van der Waals surface area contributed by atoms with Gasteiger partial charge in [0.15, 0.2) is 0 Å². The second-order valence-electron chi connectivity index (χ2n) is 11.7. The summed E-state index contributed by atoms with van der Waals surface area (Å²) in [5, 5.41) is 2.97. The number of sulfonamides is 1. The lowest BCUT2D eigenvalue weighted by molar-refractivity contribution is -0.141. The Hall–Kier alpha value is -2.87. The Bertz CT molecular complexity index is 1190. The minimum absolute atomic E-state index is 0.0936. The molecule has 0 heterocycles. The molecule has 2 amide bonds. The summed E-state index contributed by atoms with van der Waals surface area (Å²) in [7, 11) is -3.77. The Morgan fingerprint density at radius 3 is 2.03 bits per heavy atom. The Labute approximate surface area is 223 Å². The molecule has 2 rings (SSSR count). The maximum Gasteiger partial charge on any atom is 0.244 e. The number of aryl methyl sites for hydroxylation is 1. The monoisotopic (exact) mass is 529 g/mol. The average Bonchev–Trinajstić information content (AvgIpc) is 2.74. The summed E-state index contributed by atoms with van der Waals surface area (Å²) in [6, 6.07) is 14.2. The molecule has 0 bridgehead atoms. The molecule has 0 radical (unpaired) electrons. The van der Waals surface area contributed by atoms with Crippen molar-refractivity contribution < 1.29 is 18.0 Å². The summed E-state index contributed by atoms with van der Waals surface area (Å²) >= 11 is 0. The first-order valence-electron chi connectivity index (χ1n) is 12.7. The van der Waals surface area contributed by atoms with Crippen LogP contribution in [0.4, 0.5) is 5.69 Å². The highest BCUT2D eigenvalue weighted by atomic mass is 32.2. The van der Waals surface area contributed by atoms with Gasteiger partial charge in [0.05, 0.1) is 11.9 Å². The number of benzene rings is 2. The van der Waals surface area contributed by atoms with E-state index in [1.54, 1.807) is 12.1 Å². The van der Waals surface area contributed by atoms with Crippen molar-refractivity contribution in [1.82, 2.24) is 10.2 Å². The van der Waals surface area contributed by atoms with Crippen LogP contribution in [0, 0.1) is 6.92 Å². The van der Waals surface area contributed by atoms with E-state index in [0.717, 1.165) is 27.3 Å². The Morgan fingerprint density at radius 2 is 1.57 bits per heavy atom. The zero-order valence-corrected chi connectivity index (χ0v) is 24.6. The molecule has 2 aromatic rings. The Kier molecular flexibility index (Phi) is 9.58. The van der Waals surface area contributed by atoms with E-state index >= 15 is 0 Å². The highest BCUT2D eigenvalue weighted by molar-refractivity contribution is 7.92. The van der Waals surface area contributed by atoms with Gasteiger partial charge in [0.25, 0.3) is 0 Å². The molecule has 0 fully saturated rings. The van der Waals surface area contributed by atoms with Crippen LogP contribution in [0.3, 0.4) is 0 Å². The highest BCUT2D eigenvalue weighted by Gasteiger charge is 2.33. The van der Waals surface area contributed by atoms with E-state index in [4.69, 9.17) is 0 Å². The van der Waals surface area contributed by atoms with E-state index in [0.29, 0.717) is 12.1 Å². The summed E-state index contributed by atoms with van der Waals surface area (Å²) in [5.41, 5.74) is 2.80. The number of nitrogens with zero attached hydrogens (tertiary/aromatic N) is 2. The van der Waals surface area contributed by atoms with Gasteiger partial charge in [-0.3, -0.25) is 13.9 Å². The summed E-state index contributed by atoms with van der Waals surface area (Å²) in [6.07, 6.45) is 1.48. The highest BCUT2D eigenvalue weighted by Crippen LogP contribution is 2.26. The van der Waals surface area contributed by atoms with Gasteiger partial charge < -0.3 is 10.2 Å². The first-order chi connectivity index (χ1) is 16.9. The maximum absolute atomic E-state index is 13.8. The Balaban J connectivity index is 2.47. The predicted molar refractivity (Wildman–Crippen MR) is 151 cm³/mol. The van der Waals surface area contributed by atoms with Gasteiger partial charge in [-0.05, 0) is 62.8 Å². The lowest BCUT2D eigenvalue weighted by atomic mass is 9.87. The van der Waals surface area contributed by atoms with Crippen molar-refractivity contribution in [3.63, 3.8) is 0 Å². The van der Waals surface area contributed by atoms with Gasteiger partial charge in [-0.2, -0.15) is 0 Å². The van der Waals surface area contributed by atoms with E-state index in [9.17, 15) is 18.0 Å². The largest absolute Gasteiger partial charge is 0.350 e. The average molecular weight is 530 g/mol. The lowest BCUT2D eigenvalue weighted by Crippen LogP contribution is -2.55. The standard InChI is InChI=1S/C29H43N3O4S/c1-10-25(27(34)30-29(6,7)8)31(19-22-13-11-12-21(2)18-22)26(33)20-32(37(9,35)36)24-16-14-23(15-17-24)28(3,4)5/h11-18,25H,10,19-20H2,1-9H3,(H,30,34)/t25-/m0/s1. The Morgan fingerprint density at radius 1 is 0.973 bits per heavy atom. The van der Waals surface area contributed by atoms with Gasteiger partial charge in [0, 0.05) is 12.1 Å². The summed E-state index contributed by atoms with van der Waals surface area (Å²) < 4.78 is 26.7. The molecular formula is C29H43N3O4S. The summed E-state index contributed by atoms with van der Waals surface area (Å²) in [6.45, 7) is 15.5. The lowest BCUT2D eigenvalue weighted by Gasteiger charge is -2.34. The van der Waals surface area contributed by atoms with Gasteiger partial charge >= 0.3 is 0 Å². The number of anilines is 1. The molecule has 1 atom stereocenters. The molecular weight excluding hydrogens is 486 g/mol. The summed E-state index contributed by atoms with van der Waals surface area (Å²) in [5.74, 6) is -0.709. The second kappa shape index (κ2) is 11.7. The number of amides is 2. The first kappa shape index (κ1) is 30.4. The van der Waals surface area contributed by atoms with E-state index in [1.807, 2.05) is 71.0 Å². The molecule has 2 aromatic carbocycles. The van der Waals surface area contributed by atoms with Crippen molar-refractivity contribution in [1.29, 1.82) is 0 Å². The maximum atomic E-state index is 13.8. The second-order valence-corrected chi connectivity index (χ2v) is 13.6. The van der Waals surface area contributed by atoms with Crippen LogP contribution in [0.25, 0.3) is 0 Å². The molecule has 0 spiro atoms. The number of carbonyl (C=O) groups is 2. The van der Waals surface area contributed by atoms with Crippen LogP contribution in [-0.2, 0) is 31.6 Å². The minimum Gasteiger partial charge on any atom is -0.350 e. The van der Waals surface area contributed by atoms with Gasteiger partial charge in [0.2, 0.25) is 21.8 Å². The number of hydrogen-bond acceptors (Lipinski definition) is 4. The fourth-order valence-electron chi connectivity index (χ4n) is 4.12. The quantitative estimate of drug-likeness (QED) is 0.506. The predicted octanol–water partition coefficient (Wildman–Crippen LogP) is 4.78.